The van der Waals surface area contributed by atoms with Gasteiger partial charge in [-0.3, -0.25) is 0 Å². The predicted octanol–water partition coefficient (Wildman–Crippen LogP) is 0.0479. The first kappa shape index (κ1) is 6.59. The monoisotopic (exact) mass is 189 g/mol. The number of hydrogen-bond acceptors (Lipinski definition) is 1. The molecule has 1 atom stereocenters. The van der Waals surface area contributed by atoms with E-state index in [1.54, 1.807) is 0 Å². The molecule has 1 unspecified atom stereocenters. The second kappa shape index (κ2) is 2.85. The van der Waals surface area contributed by atoms with Crippen molar-refractivity contribution in [3.05, 3.63) is 23.2 Å². The molecule has 0 bridgehead atoms. The summed E-state index contributed by atoms with van der Waals surface area (Å²) in [5, 5.41) is 0. The van der Waals surface area contributed by atoms with E-state index in [-0.39, 0.29) is 25.7 Å². The molecule has 48 valence electrons. The summed E-state index contributed by atoms with van der Waals surface area (Å²) in [6.45, 7) is 0. The summed E-state index contributed by atoms with van der Waals surface area (Å²) in [5.41, 5.74) is 5.06. The Morgan fingerprint density at radius 3 is 2.67 bits per heavy atom. The van der Waals surface area contributed by atoms with Crippen molar-refractivity contribution in [3.63, 3.8) is 0 Å². The van der Waals surface area contributed by atoms with Gasteiger partial charge in [-0.05, 0) is 0 Å². The van der Waals surface area contributed by atoms with Crippen LogP contribution in [0.15, 0.2) is 23.2 Å². The van der Waals surface area contributed by atoms with E-state index in [1.165, 1.54) is 0 Å². The van der Waals surface area contributed by atoms with Gasteiger partial charge in [0.2, 0.25) is 0 Å². The van der Waals surface area contributed by atoms with Crippen LogP contribution in [-0.4, -0.2) is 20.9 Å². The minimum absolute atomic E-state index is 0.0116. The van der Waals surface area contributed by atoms with Crippen molar-refractivity contribution in [1.82, 2.24) is 0 Å². The Morgan fingerprint density at radius 1 is 1.56 bits per heavy atom. The predicted molar refractivity (Wildman–Crippen MR) is 37.0 cm³/mol. The molecule has 2 N–H and O–H groups in total. The van der Waals surface area contributed by atoms with Gasteiger partial charge < -0.3 is 0 Å². The topological polar surface area (TPSA) is 43.1 Å². The molecule has 0 aromatic carbocycles. The van der Waals surface area contributed by atoms with Crippen LogP contribution in [-0.2, 0) is 4.79 Å². The molecular formula is C6H7NOSe. The van der Waals surface area contributed by atoms with Crippen LogP contribution in [0.3, 0.4) is 0 Å². The van der Waals surface area contributed by atoms with Gasteiger partial charge in [0.1, 0.15) is 0 Å². The summed E-state index contributed by atoms with van der Waals surface area (Å²) in [6.07, 6.45) is 5.66. The molecule has 3 heteroatoms. The molecule has 1 amide bonds. The molecule has 0 spiro atoms. The molecule has 0 fully saturated rings. The Bertz CT molecular complexity index is 174. The molecular weight excluding hydrogens is 181 g/mol. The summed E-state index contributed by atoms with van der Waals surface area (Å²) in [7, 11) is 0. The third-order valence-electron chi connectivity index (χ3n) is 0.981. The van der Waals surface area contributed by atoms with Gasteiger partial charge in [-0.1, -0.05) is 0 Å². The van der Waals surface area contributed by atoms with Gasteiger partial charge in [0.25, 0.3) is 0 Å². The number of rotatable bonds is 1. The van der Waals surface area contributed by atoms with E-state index in [9.17, 15) is 4.79 Å². The molecule has 0 aromatic heterocycles. The number of allylic oxidation sites excluding steroid dienone is 2. The molecule has 0 aliphatic carbocycles. The van der Waals surface area contributed by atoms with E-state index < -0.39 is 0 Å². The summed E-state index contributed by atoms with van der Waals surface area (Å²) < 4.78 is 0. The van der Waals surface area contributed by atoms with Crippen molar-refractivity contribution < 1.29 is 4.79 Å². The number of nitrogens with two attached hydrogens (primary N) is 1. The zero-order valence-electron chi connectivity index (χ0n) is 4.78. The SMILES string of the molecule is NC(=O)C1C=CC=C[Se]1. The van der Waals surface area contributed by atoms with Crippen molar-refractivity contribution in [2.45, 2.75) is 4.82 Å². The fourth-order valence-electron chi connectivity index (χ4n) is 0.548. The molecule has 1 aliphatic heterocycles. The Hall–Kier alpha value is -0.531. The summed E-state index contributed by atoms with van der Waals surface area (Å²) in [5.74, 6) is -0.212. The van der Waals surface area contributed by atoms with Gasteiger partial charge in [0.05, 0.1) is 0 Å². The molecule has 0 saturated heterocycles. The van der Waals surface area contributed by atoms with E-state index in [4.69, 9.17) is 5.73 Å². The van der Waals surface area contributed by atoms with Crippen LogP contribution >= 0.6 is 0 Å². The van der Waals surface area contributed by atoms with Gasteiger partial charge in [-0.2, -0.15) is 0 Å². The normalized spacial score (nSPS) is 24.2. The molecule has 1 heterocycles. The first-order valence-corrected chi connectivity index (χ1v) is 4.56. The third-order valence-corrected chi connectivity index (χ3v) is 3.07. The van der Waals surface area contributed by atoms with Crippen molar-refractivity contribution in [2.24, 2.45) is 5.73 Å². The van der Waals surface area contributed by atoms with Gasteiger partial charge >= 0.3 is 59.4 Å². The Morgan fingerprint density at radius 2 is 2.33 bits per heavy atom. The molecule has 0 saturated carbocycles. The maximum absolute atomic E-state index is 10.5. The van der Waals surface area contributed by atoms with Crippen LogP contribution in [0, 0.1) is 0 Å². The molecule has 9 heavy (non-hydrogen) atoms. The van der Waals surface area contributed by atoms with E-state index >= 15 is 0 Å². The average molecular weight is 188 g/mol. The van der Waals surface area contributed by atoms with Gasteiger partial charge in [0, 0.05) is 0 Å². The second-order valence-electron chi connectivity index (χ2n) is 1.67. The molecule has 2 nitrogen and oxygen atoms in total. The van der Waals surface area contributed by atoms with Crippen LogP contribution in [0.25, 0.3) is 0 Å². The summed E-state index contributed by atoms with van der Waals surface area (Å²) in [6, 6.07) is 0. The number of carbonyl (C=O) groups is 1. The van der Waals surface area contributed by atoms with Crippen molar-refractivity contribution in [3.8, 4) is 0 Å². The summed E-state index contributed by atoms with van der Waals surface area (Å²) in [4.78, 5) is 12.5. The number of hydrogen-bond donors (Lipinski definition) is 1. The van der Waals surface area contributed by atoms with Crippen LogP contribution in [0.4, 0.5) is 0 Å². The maximum atomic E-state index is 10.5. The van der Waals surface area contributed by atoms with Crippen LogP contribution in [0.1, 0.15) is 0 Å². The number of carbonyl (C=O) groups excluding carboxylic acids is 1. The van der Waals surface area contributed by atoms with Crippen molar-refractivity contribution >= 4 is 20.9 Å². The van der Waals surface area contributed by atoms with E-state index in [0.29, 0.717) is 0 Å². The van der Waals surface area contributed by atoms with Crippen LogP contribution < -0.4 is 5.73 Å². The summed E-state index contributed by atoms with van der Waals surface area (Å²) >= 11 is 0.251. The Kier molecular flexibility index (Phi) is 2.09. The van der Waals surface area contributed by atoms with E-state index in [2.05, 4.69) is 0 Å². The quantitative estimate of drug-likeness (QED) is 0.580. The van der Waals surface area contributed by atoms with E-state index in [0.717, 1.165) is 0 Å². The molecule has 1 rings (SSSR count). The first-order chi connectivity index (χ1) is 4.30. The van der Waals surface area contributed by atoms with Crippen molar-refractivity contribution in [1.29, 1.82) is 0 Å². The molecule has 1 aliphatic rings. The van der Waals surface area contributed by atoms with Crippen LogP contribution in [0.2, 0.25) is 4.82 Å². The van der Waals surface area contributed by atoms with Gasteiger partial charge in [0.15, 0.2) is 0 Å². The number of primary amides is 1. The molecule has 0 radical (unpaired) electrons. The molecule has 0 aromatic rings. The van der Waals surface area contributed by atoms with Gasteiger partial charge in [-0.25, -0.2) is 0 Å². The first-order valence-electron chi connectivity index (χ1n) is 2.59. The minimum atomic E-state index is -0.212. The Labute approximate surface area is 60.0 Å². The standard InChI is InChI=1S/C6H7NOSe/c7-6(8)5-3-1-2-4-9-5/h1-5H,(H2,7,8). The number of amides is 1. The van der Waals surface area contributed by atoms with E-state index in [1.807, 2.05) is 23.2 Å². The van der Waals surface area contributed by atoms with Gasteiger partial charge in [-0.15, -0.1) is 0 Å². The zero-order valence-corrected chi connectivity index (χ0v) is 6.49. The fourth-order valence-corrected chi connectivity index (χ4v) is 1.95. The second-order valence-corrected chi connectivity index (χ2v) is 3.88. The fraction of sp³-hybridized carbons (Fsp3) is 0.167. The Balaban J connectivity index is 2.56. The van der Waals surface area contributed by atoms with Crippen LogP contribution in [0.5, 0.6) is 0 Å². The third kappa shape index (κ3) is 1.70. The average Bonchev–Trinajstić information content (AvgIpc) is 1.90. The zero-order chi connectivity index (χ0) is 6.69. The van der Waals surface area contributed by atoms with Crippen molar-refractivity contribution in [2.75, 3.05) is 0 Å².